The van der Waals surface area contributed by atoms with Gasteiger partial charge in [0.1, 0.15) is 16.9 Å². The van der Waals surface area contributed by atoms with Gasteiger partial charge in [-0.3, -0.25) is 0 Å². The number of nitrogens with one attached hydrogen (secondary N) is 1. The highest BCUT2D eigenvalue weighted by Crippen LogP contribution is 2.31. The molecule has 0 spiro atoms. The molecule has 0 aliphatic heterocycles. The number of fused-ring (bicyclic) bond motifs is 3. The Hall–Kier alpha value is -2.60. The van der Waals surface area contributed by atoms with Crippen LogP contribution in [-0.4, -0.2) is 26.1 Å². The fourth-order valence-corrected chi connectivity index (χ4v) is 2.80. The van der Waals surface area contributed by atoms with Crippen LogP contribution in [0.15, 0.2) is 47.4 Å². The molecular weight excluding hydrogens is 338 g/mol. The van der Waals surface area contributed by atoms with Crippen LogP contribution in [0.2, 0.25) is 0 Å². The maximum atomic E-state index is 5.98. The van der Waals surface area contributed by atoms with Gasteiger partial charge in [0, 0.05) is 37.3 Å². The molecule has 0 radical (unpaired) electrons. The number of rotatable bonds is 6. The Morgan fingerprint density at radius 2 is 2.12 bits per heavy atom. The zero-order valence-electron chi connectivity index (χ0n) is 14.9. The summed E-state index contributed by atoms with van der Waals surface area (Å²) in [5.74, 6) is 1.60. The van der Waals surface area contributed by atoms with Gasteiger partial charge in [-0.05, 0) is 18.6 Å². The van der Waals surface area contributed by atoms with Crippen molar-refractivity contribution in [1.29, 1.82) is 0 Å². The van der Waals surface area contributed by atoms with E-state index in [4.69, 9.17) is 4.42 Å². The van der Waals surface area contributed by atoms with Gasteiger partial charge in [-0.15, -0.1) is 0 Å². The molecule has 1 aromatic carbocycles. The Bertz CT molecular complexity index is 970. The largest absolute Gasteiger partial charge is 1.00 e. The lowest BCUT2D eigenvalue weighted by atomic mass is 10.2. The summed E-state index contributed by atoms with van der Waals surface area (Å²) in [6.45, 7) is 3.79. The maximum Gasteiger partial charge on any atom is 1.00 e. The van der Waals surface area contributed by atoms with Crippen molar-refractivity contribution >= 4 is 27.9 Å². The number of aryl methyl sites for hydroxylation is 2. The number of hydrogen-bond acceptors (Lipinski definition) is 5. The third-order valence-electron chi connectivity index (χ3n) is 4.03. The first-order valence-electron chi connectivity index (χ1n) is 8.23. The number of imidazole rings is 1. The Labute approximate surface area is 153 Å². The average molecular weight is 358 g/mol. The van der Waals surface area contributed by atoms with Gasteiger partial charge in [0.25, 0.3) is 0 Å². The van der Waals surface area contributed by atoms with E-state index in [1.54, 1.807) is 6.20 Å². The third kappa shape index (κ3) is 3.44. The van der Waals surface area contributed by atoms with E-state index in [2.05, 4.69) is 31.8 Å². The minimum Gasteiger partial charge on any atom is -1.00 e. The van der Waals surface area contributed by atoms with Crippen molar-refractivity contribution in [1.82, 2.24) is 19.5 Å². The van der Waals surface area contributed by atoms with E-state index in [1.165, 1.54) is 0 Å². The molecule has 0 bridgehead atoms. The first kappa shape index (κ1) is 17.2. The van der Waals surface area contributed by atoms with Gasteiger partial charge in [-0.2, -0.15) is 0 Å². The minimum absolute atomic E-state index is 0. The predicted octanol–water partition coefficient (Wildman–Crippen LogP) is 0.754. The molecule has 0 atom stereocenters. The van der Waals surface area contributed by atoms with Gasteiger partial charge in [0.15, 0.2) is 11.4 Å². The monoisotopic (exact) mass is 357 g/mol. The van der Waals surface area contributed by atoms with Gasteiger partial charge < -0.3 is 26.7 Å². The number of nitrogens with zero attached hydrogens (tertiary/aromatic N) is 4. The number of benzene rings is 1. The van der Waals surface area contributed by atoms with Crippen LogP contribution >= 0.6 is 0 Å². The second-order valence-corrected chi connectivity index (χ2v) is 5.70. The summed E-state index contributed by atoms with van der Waals surface area (Å²) >= 11 is 0. The second-order valence-electron chi connectivity index (χ2n) is 5.70. The minimum atomic E-state index is 0. The highest BCUT2D eigenvalue weighted by Gasteiger charge is 2.14. The summed E-state index contributed by atoms with van der Waals surface area (Å²) < 4.78 is 8.05. The number of halogens is 1. The van der Waals surface area contributed by atoms with Crippen molar-refractivity contribution in [2.24, 2.45) is 0 Å². The molecule has 0 amide bonds. The fourth-order valence-electron chi connectivity index (χ4n) is 2.80. The normalized spacial score (nSPS) is 10.9. The fraction of sp³-hybridized carbons (Fsp3) is 0.278. The topological polar surface area (TPSA) is 68.8 Å². The maximum absolute atomic E-state index is 5.98. The first-order valence-corrected chi connectivity index (χ1v) is 8.23. The van der Waals surface area contributed by atoms with Gasteiger partial charge in [-0.1, -0.05) is 19.1 Å². The second kappa shape index (κ2) is 7.53. The quantitative estimate of drug-likeness (QED) is 0.516. The Morgan fingerprint density at radius 3 is 2.92 bits per heavy atom. The van der Waals surface area contributed by atoms with Crippen LogP contribution < -0.4 is 17.7 Å². The first-order chi connectivity index (χ1) is 11.8. The van der Waals surface area contributed by atoms with Gasteiger partial charge >= 0.3 is 1.43 Å². The summed E-state index contributed by atoms with van der Waals surface area (Å²) in [4.78, 5) is 13.3. The van der Waals surface area contributed by atoms with Gasteiger partial charge in [0.2, 0.25) is 0 Å². The highest BCUT2D eigenvalue weighted by molar-refractivity contribution is 6.05. The zero-order valence-corrected chi connectivity index (χ0v) is 14.7. The van der Waals surface area contributed by atoms with Gasteiger partial charge in [-0.25, -0.2) is 15.0 Å². The predicted molar refractivity (Wildman–Crippen MR) is 95.1 cm³/mol. The lowest BCUT2D eigenvalue weighted by molar-refractivity contribution is -0.00000551. The molecule has 130 valence electrons. The van der Waals surface area contributed by atoms with E-state index < -0.39 is 0 Å². The third-order valence-corrected chi connectivity index (χ3v) is 4.03. The lowest BCUT2D eigenvalue weighted by Crippen LogP contribution is -3.00. The summed E-state index contributed by atoms with van der Waals surface area (Å²) in [6.07, 6.45) is 7.36. The van der Waals surface area contributed by atoms with Crippen LogP contribution in [0.3, 0.4) is 0 Å². The number of hydrogen-bond donors (Lipinski definition) is 1. The molecule has 3 aromatic heterocycles. The van der Waals surface area contributed by atoms with Crippen molar-refractivity contribution in [2.45, 2.75) is 26.3 Å². The van der Waals surface area contributed by atoms with Crippen molar-refractivity contribution in [3.8, 4) is 0 Å². The van der Waals surface area contributed by atoms with E-state index >= 15 is 0 Å². The van der Waals surface area contributed by atoms with Crippen LogP contribution in [0.25, 0.3) is 22.1 Å². The van der Waals surface area contributed by atoms with E-state index in [9.17, 15) is 0 Å². The summed E-state index contributed by atoms with van der Waals surface area (Å²) in [6, 6.07) is 7.97. The Kier molecular flexibility index (Phi) is 5.19. The zero-order chi connectivity index (χ0) is 16.4. The molecule has 0 aliphatic rings. The van der Waals surface area contributed by atoms with Crippen LogP contribution in [-0.2, 0) is 13.0 Å². The van der Waals surface area contributed by atoms with E-state index in [-0.39, 0.29) is 13.8 Å². The highest BCUT2D eigenvalue weighted by atomic mass is 35.5. The van der Waals surface area contributed by atoms with Crippen LogP contribution in [0, 0.1) is 0 Å². The molecule has 3 heterocycles. The van der Waals surface area contributed by atoms with Crippen molar-refractivity contribution in [3.05, 3.63) is 48.8 Å². The molecule has 4 rings (SSSR count). The molecule has 0 fully saturated rings. The van der Waals surface area contributed by atoms with E-state index in [0.717, 1.165) is 59.6 Å². The molecule has 0 aliphatic carbocycles. The molecule has 0 saturated heterocycles. The Morgan fingerprint density at radius 1 is 1.24 bits per heavy atom. The van der Waals surface area contributed by atoms with Crippen molar-refractivity contribution < 1.29 is 18.3 Å². The molecule has 4 aromatic rings. The van der Waals surface area contributed by atoms with Crippen LogP contribution in [0.5, 0.6) is 0 Å². The number of anilines is 1. The summed E-state index contributed by atoms with van der Waals surface area (Å²) in [5.41, 5.74) is 2.46. The molecule has 7 heteroatoms. The Balaban J connectivity index is 0.00000121. The summed E-state index contributed by atoms with van der Waals surface area (Å²) in [7, 11) is 0. The van der Waals surface area contributed by atoms with Gasteiger partial charge in [0.05, 0.1) is 6.33 Å². The SMILES string of the molecule is CCc1nc(NCCCn2ccnc2)c2oc3ccccc3c2n1.[Cl-].[H+]. The van der Waals surface area contributed by atoms with E-state index in [0.29, 0.717) is 0 Å². The van der Waals surface area contributed by atoms with Crippen molar-refractivity contribution in [3.63, 3.8) is 0 Å². The average Bonchev–Trinajstić information content (AvgIpc) is 3.26. The van der Waals surface area contributed by atoms with E-state index in [1.807, 2.05) is 36.8 Å². The molecule has 0 unspecified atom stereocenters. The lowest BCUT2D eigenvalue weighted by Gasteiger charge is -2.07. The molecule has 25 heavy (non-hydrogen) atoms. The standard InChI is InChI=1S/C18H19N5O.ClH/c1-2-15-21-16-13-6-3-4-7-14(13)24-17(16)18(22-15)20-8-5-10-23-11-9-19-12-23;/h3-4,6-7,9,11-12H,2,5,8,10H2,1H3,(H,20,21,22);1H. The molecule has 1 N–H and O–H groups in total. The number of furan rings is 1. The molecular formula is C18H20ClN5O. The van der Waals surface area contributed by atoms with Crippen LogP contribution in [0.1, 0.15) is 20.6 Å². The number of para-hydroxylation sites is 1. The number of aromatic nitrogens is 4. The molecule has 0 saturated carbocycles. The molecule has 6 nitrogen and oxygen atoms in total. The van der Waals surface area contributed by atoms with Crippen LogP contribution in [0.4, 0.5) is 5.82 Å². The smallest absolute Gasteiger partial charge is 1.00 e. The summed E-state index contributed by atoms with van der Waals surface area (Å²) in [5, 5.41) is 4.44. The van der Waals surface area contributed by atoms with Crippen molar-refractivity contribution in [2.75, 3.05) is 11.9 Å².